The number of ether oxygens (including phenoxy) is 2. The number of hydrogen-bond donors (Lipinski definition) is 1. The van der Waals surface area contributed by atoms with Crippen LogP contribution >= 0.6 is 11.8 Å². The van der Waals surface area contributed by atoms with Gasteiger partial charge in [0, 0.05) is 24.9 Å². The van der Waals surface area contributed by atoms with Gasteiger partial charge in [0.25, 0.3) is 0 Å². The SMILES string of the molecule is CSC(C)CCCOCCOCCCC(=O)O. The molecule has 0 amide bonds. The zero-order valence-electron chi connectivity index (χ0n) is 10.8. The first-order chi connectivity index (χ1) is 8.16. The summed E-state index contributed by atoms with van der Waals surface area (Å²) in [4.78, 5) is 10.2. The van der Waals surface area contributed by atoms with Crippen molar-refractivity contribution in [1.82, 2.24) is 0 Å². The van der Waals surface area contributed by atoms with E-state index in [0.717, 1.165) is 13.0 Å². The topological polar surface area (TPSA) is 55.8 Å². The van der Waals surface area contributed by atoms with Crippen molar-refractivity contribution in [3.8, 4) is 0 Å². The van der Waals surface area contributed by atoms with E-state index < -0.39 is 5.97 Å². The summed E-state index contributed by atoms with van der Waals surface area (Å²) in [6, 6.07) is 0. The molecule has 0 aliphatic rings. The summed E-state index contributed by atoms with van der Waals surface area (Å²) in [5.41, 5.74) is 0. The zero-order valence-corrected chi connectivity index (χ0v) is 11.6. The van der Waals surface area contributed by atoms with Crippen LogP contribution in [-0.2, 0) is 14.3 Å². The number of rotatable bonds is 12. The van der Waals surface area contributed by atoms with Crippen LogP contribution in [0.5, 0.6) is 0 Å². The summed E-state index contributed by atoms with van der Waals surface area (Å²) in [6.45, 7) is 4.65. The van der Waals surface area contributed by atoms with Crippen LogP contribution in [0, 0.1) is 0 Å². The van der Waals surface area contributed by atoms with Crippen molar-refractivity contribution in [2.45, 2.75) is 37.9 Å². The number of hydrogen-bond acceptors (Lipinski definition) is 4. The molecule has 0 aliphatic carbocycles. The molecule has 5 heteroatoms. The number of carbonyl (C=O) groups is 1. The summed E-state index contributed by atoms with van der Waals surface area (Å²) in [6.07, 6.45) is 5.13. The van der Waals surface area contributed by atoms with Gasteiger partial charge in [0.05, 0.1) is 13.2 Å². The van der Waals surface area contributed by atoms with Crippen molar-refractivity contribution >= 4 is 17.7 Å². The van der Waals surface area contributed by atoms with Crippen LogP contribution in [-0.4, -0.2) is 49.0 Å². The van der Waals surface area contributed by atoms with E-state index in [1.165, 1.54) is 6.42 Å². The monoisotopic (exact) mass is 264 g/mol. The van der Waals surface area contributed by atoms with Crippen LogP contribution in [0.2, 0.25) is 0 Å². The van der Waals surface area contributed by atoms with Crippen LogP contribution in [0.4, 0.5) is 0 Å². The summed E-state index contributed by atoms with van der Waals surface area (Å²) in [5.74, 6) is -0.771. The van der Waals surface area contributed by atoms with Crippen molar-refractivity contribution in [1.29, 1.82) is 0 Å². The van der Waals surface area contributed by atoms with Gasteiger partial charge in [-0.15, -0.1) is 0 Å². The lowest BCUT2D eigenvalue weighted by molar-refractivity contribution is -0.137. The van der Waals surface area contributed by atoms with Gasteiger partial charge in [0.2, 0.25) is 0 Å². The summed E-state index contributed by atoms with van der Waals surface area (Å²) < 4.78 is 10.6. The normalized spacial score (nSPS) is 12.6. The molecular formula is C12H24O4S. The molecule has 1 N–H and O–H groups in total. The third kappa shape index (κ3) is 13.7. The molecular weight excluding hydrogens is 240 g/mol. The Bertz CT molecular complexity index is 187. The Hall–Kier alpha value is -0.260. The Balaban J connectivity index is 3.01. The van der Waals surface area contributed by atoms with Crippen molar-refractivity contribution in [3.05, 3.63) is 0 Å². The Morgan fingerprint density at radius 2 is 1.76 bits per heavy atom. The minimum atomic E-state index is -0.771. The third-order valence-electron chi connectivity index (χ3n) is 2.35. The van der Waals surface area contributed by atoms with Gasteiger partial charge in [0.1, 0.15) is 0 Å². The van der Waals surface area contributed by atoms with Crippen LogP contribution in [0.25, 0.3) is 0 Å². The Morgan fingerprint density at radius 1 is 1.18 bits per heavy atom. The number of aliphatic carboxylic acids is 1. The van der Waals surface area contributed by atoms with E-state index >= 15 is 0 Å². The summed E-state index contributed by atoms with van der Waals surface area (Å²) >= 11 is 1.88. The fourth-order valence-electron chi connectivity index (χ4n) is 1.24. The number of carboxylic acid groups (broad SMARTS) is 1. The highest BCUT2D eigenvalue weighted by molar-refractivity contribution is 7.99. The van der Waals surface area contributed by atoms with Crippen LogP contribution in [0.1, 0.15) is 32.6 Å². The average Bonchev–Trinajstić information content (AvgIpc) is 2.30. The van der Waals surface area contributed by atoms with Crippen LogP contribution in [0.15, 0.2) is 0 Å². The van der Waals surface area contributed by atoms with Gasteiger partial charge >= 0.3 is 5.97 Å². The predicted octanol–water partition coefficient (Wildman–Crippen LogP) is 2.42. The van der Waals surface area contributed by atoms with E-state index in [9.17, 15) is 4.79 Å². The maximum Gasteiger partial charge on any atom is 0.303 e. The first-order valence-electron chi connectivity index (χ1n) is 6.07. The molecule has 1 atom stereocenters. The standard InChI is InChI=1S/C12H24O4S/c1-11(17-2)5-3-7-15-9-10-16-8-4-6-12(13)14/h11H,3-10H2,1-2H3,(H,13,14). The first-order valence-corrected chi connectivity index (χ1v) is 7.35. The number of thioether (sulfide) groups is 1. The van der Waals surface area contributed by atoms with E-state index in [0.29, 0.717) is 31.5 Å². The maximum atomic E-state index is 10.2. The highest BCUT2D eigenvalue weighted by Gasteiger charge is 1.99. The molecule has 0 aliphatic heterocycles. The fourth-order valence-corrected chi connectivity index (χ4v) is 1.64. The molecule has 1 unspecified atom stereocenters. The van der Waals surface area contributed by atoms with Crippen LogP contribution in [0.3, 0.4) is 0 Å². The van der Waals surface area contributed by atoms with E-state index in [4.69, 9.17) is 14.6 Å². The smallest absolute Gasteiger partial charge is 0.303 e. The molecule has 0 spiro atoms. The fraction of sp³-hybridized carbons (Fsp3) is 0.917. The molecule has 0 rings (SSSR count). The quantitative estimate of drug-likeness (QED) is 0.549. The lowest BCUT2D eigenvalue weighted by Gasteiger charge is -2.08. The average molecular weight is 264 g/mol. The molecule has 0 bridgehead atoms. The molecule has 0 aromatic rings. The molecule has 0 aromatic heterocycles. The Morgan fingerprint density at radius 3 is 2.29 bits per heavy atom. The third-order valence-corrected chi connectivity index (χ3v) is 3.39. The molecule has 0 aromatic carbocycles. The Labute approximate surface area is 108 Å². The highest BCUT2D eigenvalue weighted by atomic mass is 32.2. The number of carboxylic acids is 1. The molecule has 0 fully saturated rings. The minimum absolute atomic E-state index is 0.174. The predicted molar refractivity (Wildman–Crippen MR) is 70.7 cm³/mol. The second-order valence-corrected chi connectivity index (χ2v) is 5.19. The molecule has 102 valence electrons. The molecule has 17 heavy (non-hydrogen) atoms. The molecule has 0 heterocycles. The largest absolute Gasteiger partial charge is 0.481 e. The first kappa shape index (κ1) is 16.7. The molecule has 4 nitrogen and oxygen atoms in total. The Kier molecular flexibility index (Phi) is 12.0. The zero-order chi connectivity index (χ0) is 12.9. The highest BCUT2D eigenvalue weighted by Crippen LogP contribution is 2.11. The van der Waals surface area contributed by atoms with Crippen molar-refractivity contribution < 1.29 is 19.4 Å². The molecule has 0 saturated carbocycles. The second-order valence-electron chi connectivity index (χ2n) is 3.91. The van der Waals surface area contributed by atoms with Gasteiger partial charge < -0.3 is 14.6 Å². The minimum Gasteiger partial charge on any atom is -0.481 e. The molecule has 0 saturated heterocycles. The molecule has 0 radical (unpaired) electrons. The summed E-state index contributed by atoms with van der Waals surface area (Å²) in [7, 11) is 0. The van der Waals surface area contributed by atoms with Gasteiger partial charge in [-0.3, -0.25) is 4.79 Å². The van der Waals surface area contributed by atoms with Gasteiger partial charge in [-0.25, -0.2) is 0 Å². The van der Waals surface area contributed by atoms with Gasteiger partial charge in [0.15, 0.2) is 0 Å². The van der Waals surface area contributed by atoms with Gasteiger partial charge in [-0.1, -0.05) is 6.92 Å². The maximum absolute atomic E-state index is 10.2. The van der Waals surface area contributed by atoms with Gasteiger partial charge in [-0.2, -0.15) is 11.8 Å². The van der Waals surface area contributed by atoms with Crippen molar-refractivity contribution in [2.24, 2.45) is 0 Å². The van der Waals surface area contributed by atoms with E-state index in [2.05, 4.69) is 13.2 Å². The lowest BCUT2D eigenvalue weighted by atomic mass is 10.2. The summed E-state index contributed by atoms with van der Waals surface area (Å²) in [5, 5.41) is 9.10. The van der Waals surface area contributed by atoms with Crippen LogP contribution < -0.4 is 0 Å². The van der Waals surface area contributed by atoms with Crippen molar-refractivity contribution in [3.63, 3.8) is 0 Å². The van der Waals surface area contributed by atoms with Crippen molar-refractivity contribution in [2.75, 3.05) is 32.7 Å². The van der Waals surface area contributed by atoms with E-state index in [1.807, 2.05) is 11.8 Å². The van der Waals surface area contributed by atoms with E-state index in [1.54, 1.807) is 0 Å². The van der Waals surface area contributed by atoms with E-state index in [-0.39, 0.29) is 6.42 Å². The lowest BCUT2D eigenvalue weighted by Crippen LogP contribution is -2.08. The van der Waals surface area contributed by atoms with Gasteiger partial charge in [-0.05, 0) is 25.5 Å². The second kappa shape index (κ2) is 12.2.